The van der Waals surface area contributed by atoms with Crippen molar-refractivity contribution in [3.8, 4) is 0 Å². The van der Waals surface area contributed by atoms with Gasteiger partial charge < -0.3 is 9.32 Å². The fourth-order valence-electron chi connectivity index (χ4n) is 2.70. The van der Waals surface area contributed by atoms with E-state index in [9.17, 15) is 17.6 Å². The molecule has 0 fully saturated rings. The van der Waals surface area contributed by atoms with Crippen molar-refractivity contribution in [2.75, 3.05) is 13.6 Å². The summed E-state index contributed by atoms with van der Waals surface area (Å²) in [6.07, 6.45) is 4.78. The maximum atomic E-state index is 13.1. The molecule has 0 radical (unpaired) electrons. The normalized spacial score (nSPS) is 11.6. The van der Waals surface area contributed by atoms with Crippen molar-refractivity contribution in [2.24, 2.45) is 0 Å². The standard InChI is InChI=1S/C20H20FN3O4S/c1-23(29(26,27)19-8-6-17(21)7-9-19)15-20(25)24(14-18-5-3-11-28-18)13-16-4-2-10-22-12-16/h2-12H,13-15H2,1H3. The van der Waals surface area contributed by atoms with Crippen molar-refractivity contribution in [3.63, 3.8) is 0 Å². The molecule has 1 aromatic carbocycles. The predicted molar refractivity (Wildman–Crippen MR) is 103 cm³/mol. The molecule has 9 heteroatoms. The number of furan rings is 1. The van der Waals surface area contributed by atoms with E-state index >= 15 is 0 Å². The average Bonchev–Trinajstić information content (AvgIpc) is 3.21. The van der Waals surface area contributed by atoms with Crippen molar-refractivity contribution < 1.29 is 22.0 Å². The number of rotatable bonds is 8. The molecule has 0 spiro atoms. The molecule has 0 N–H and O–H groups in total. The van der Waals surface area contributed by atoms with Gasteiger partial charge in [-0.25, -0.2) is 12.8 Å². The lowest BCUT2D eigenvalue weighted by Crippen LogP contribution is -2.40. The summed E-state index contributed by atoms with van der Waals surface area (Å²) in [7, 11) is -2.62. The van der Waals surface area contributed by atoms with Crippen LogP contribution in [0.5, 0.6) is 0 Å². The summed E-state index contributed by atoms with van der Waals surface area (Å²) in [6.45, 7) is 0.0592. The van der Waals surface area contributed by atoms with E-state index in [1.54, 1.807) is 30.6 Å². The quantitative estimate of drug-likeness (QED) is 0.563. The summed E-state index contributed by atoms with van der Waals surface area (Å²) in [4.78, 5) is 18.4. The van der Waals surface area contributed by atoms with Crippen molar-refractivity contribution in [1.82, 2.24) is 14.2 Å². The van der Waals surface area contributed by atoms with E-state index in [1.165, 1.54) is 30.3 Å². The molecular weight excluding hydrogens is 397 g/mol. The molecule has 0 aliphatic heterocycles. The van der Waals surface area contributed by atoms with Gasteiger partial charge in [0.2, 0.25) is 15.9 Å². The van der Waals surface area contributed by atoms with E-state index in [0.29, 0.717) is 5.76 Å². The maximum absolute atomic E-state index is 13.1. The number of carbonyl (C=O) groups is 1. The molecule has 0 saturated heterocycles. The molecule has 0 atom stereocenters. The van der Waals surface area contributed by atoms with Gasteiger partial charge >= 0.3 is 0 Å². The molecule has 0 aliphatic carbocycles. The van der Waals surface area contributed by atoms with Crippen LogP contribution in [0.15, 0.2) is 76.5 Å². The van der Waals surface area contributed by atoms with Gasteiger partial charge in [-0.05, 0) is 48.0 Å². The molecule has 3 rings (SSSR count). The van der Waals surface area contributed by atoms with E-state index < -0.39 is 21.7 Å². The number of halogens is 1. The second-order valence-corrected chi connectivity index (χ2v) is 8.45. The Balaban J connectivity index is 1.76. The van der Waals surface area contributed by atoms with Gasteiger partial charge in [0.1, 0.15) is 11.6 Å². The first-order valence-electron chi connectivity index (χ1n) is 8.77. The SMILES string of the molecule is CN(CC(=O)N(Cc1cccnc1)Cc1ccco1)S(=O)(=O)c1ccc(F)cc1. The Kier molecular flexibility index (Phi) is 6.40. The molecule has 0 unspecified atom stereocenters. The fourth-order valence-corrected chi connectivity index (χ4v) is 3.82. The zero-order chi connectivity index (χ0) is 20.9. The number of benzene rings is 1. The number of hydrogen-bond donors (Lipinski definition) is 0. The molecule has 0 bridgehead atoms. The summed E-state index contributed by atoms with van der Waals surface area (Å²) in [5.41, 5.74) is 0.802. The molecule has 1 amide bonds. The van der Waals surface area contributed by atoms with Crippen LogP contribution in [0.2, 0.25) is 0 Å². The third-order valence-corrected chi connectivity index (χ3v) is 6.07. The molecular formula is C20H20FN3O4S. The second-order valence-electron chi connectivity index (χ2n) is 6.41. The highest BCUT2D eigenvalue weighted by molar-refractivity contribution is 7.89. The Hall–Kier alpha value is -3.04. The van der Waals surface area contributed by atoms with Crippen LogP contribution in [-0.4, -0.2) is 42.1 Å². The Morgan fingerprint density at radius 1 is 1.10 bits per heavy atom. The number of sulfonamides is 1. The molecule has 2 heterocycles. The Labute approximate surface area is 168 Å². The number of aromatic nitrogens is 1. The minimum Gasteiger partial charge on any atom is -0.467 e. The van der Waals surface area contributed by atoms with Crippen LogP contribution in [-0.2, 0) is 27.9 Å². The molecule has 7 nitrogen and oxygen atoms in total. The summed E-state index contributed by atoms with van der Waals surface area (Å²) >= 11 is 0. The van der Waals surface area contributed by atoms with Gasteiger partial charge in [0.25, 0.3) is 0 Å². The van der Waals surface area contributed by atoms with Crippen molar-refractivity contribution in [3.05, 3.63) is 84.3 Å². The highest BCUT2D eigenvalue weighted by Gasteiger charge is 2.26. The number of carbonyl (C=O) groups excluding carboxylic acids is 1. The van der Waals surface area contributed by atoms with Crippen molar-refractivity contribution in [1.29, 1.82) is 0 Å². The lowest BCUT2D eigenvalue weighted by atomic mass is 10.2. The van der Waals surface area contributed by atoms with Crippen LogP contribution in [0.1, 0.15) is 11.3 Å². The summed E-state index contributed by atoms with van der Waals surface area (Å²) in [6, 6.07) is 11.5. The Morgan fingerprint density at radius 2 is 1.86 bits per heavy atom. The Bertz CT molecular complexity index is 1040. The van der Waals surface area contributed by atoms with Crippen LogP contribution in [0.4, 0.5) is 4.39 Å². The zero-order valence-electron chi connectivity index (χ0n) is 15.7. The lowest BCUT2D eigenvalue weighted by Gasteiger charge is -2.25. The smallest absolute Gasteiger partial charge is 0.243 e. The van der Waals surface area contributed by atoms with Crippen LogP contribution < -0.4 is 0 Å². The molecule has 0 saturated carbocycles. The monoisotopic (exact) mass is 417 g/mol. The van der Waals surface area contributed by atoms with Crippen LogP contribution >= 0.6 is 0 Å². The third-order valence-electron chi connectivity index (χ3n) is 4.26. The number of hydrogen-bond acceptors (Lipinski definition) is 5. The Morgan fingerprint density at radius 3 is 2.48 bits per heavy atom. The number of pyridine rings is 1. The second kappa shape index (κ2) is 8.97. The first kappa shape index (κ1) is 20.7. The maximum Gasteiger partial charge on any atom is 0.243 e. The van der Waals surface area contributed by atoms with Crippen LogP contribution in [0.3, 0.4) is 0 Å². The zero-order valence-corrected chi connectivity index (χ0v) is 16.5. The first-order valence-corrected chi connectivity index (χ1v) is 10.2. The lowest BCUT2D eigenvalue weighted by molar-refractivity contribution is -0.132. The number of nitrogens with zero attached hydrogens (tertiary/aromatic N) is 3. The summed E-state index contributed by atoms with van der Waals surface area (Å²) < 4.78 is 44.7. The number of amides is 1. The predicted octanol–water partition coefficient (Wildman–Crippen LogP) is 2.66. The summed E-state index contributed by atoms with van der Waals surface area (Å²) in [5.74, 6) is -0.367. The topological polar surface area (TPSA) is 83.7 Å². The van der Waals surface area contributed by atoms with Crippen LogP contribution in [0.25, 0.3) is 0 Å². The molecule has 152 valence electrons. The van der Waals surface area contributed by atoms with Crippen molar-refractivity contribution in [2.45, 2.75) is 18.0 Å². The highest BCUT2D eigenvalue weighted by atomic mass is 32.2. The minimum atomic E-state index is -3.94. The van der Waals surface area contributed by atoms with E-state index in [0.717, 1.165) is 22.0 Å². The largest absolute Gasteiger partial charge is 0.467 e. The first-order chi connectivity index (χ1) is 13.9. The molecule has 29 heavy (non-hydrogen) atoms. The molecule has 3 aromatic rings. The van der Waals surface area contributed by atoms with E-state index in [2.05, 4.69) is 4.98 Å². The van der Waals surface area contributed by atoms with Gasteiger partial charge in [-0.3, -0.25) is 9.78 Å². The highest BCUT2D eigenvalue weighted by Crippen LogP contribution is 2.16. The van der Waals surface area contributed by atoms with Gasteiger partial charge in [0, 0.05) is 26.0 Å². The molecule has 0 aliphatic rings. The van der Waals surface area contributed by atoms with Crippen molar-refractivity contribution >= 4 is 15.9 Å². The number of likely N-dealkylation sites (N-methyl/N-ethyl adjacent to an activating group) is 1. The van der Waals surface area contributed by atoms with Gasteiger partial charge in [0.15, 0.2) is 0 Å². The third kappa shape index (κ3) is 5.27. The van der Waals surface area contributed by atoms with E-state index in [-0.39, 0.29) is 24.5 Å². The van der Waals surface area contributed by atoms with Gasteiger partial charge in [-0.1, -0.05) is 6.07 Å². The minimum absolute atomic E-state index is 0.0842. The average molecular weight is 417 g/mol. The van der Waals surface area contributed by atoms with Gasteiger partial charge in [-0.2, -0.15) is 4.31 Å². The summed E-state index contributed by atoms with van der Waals surface area (Å²) in [5, 5.41) is 0. The van der Waals surface area contributed by atoms with Crippen LogP contribution in [0, 0.1) is 5.82 Å². The fraction of sp³-hybridized carbons (Fsp3) is 0.200. The molecule has 2 aromatic heterocycles. The van der Waals surface area contributed by atoms with Gasteiger partial charge in [0.05, 0.1) is 24.2 Å². The van der Waals surface area contributed by atoms with E-state index in [1.807, 2.05) is 6.07 Å². The van der Waals surface area contributed by atoms with Gasteiger partial charge in [-0.15, -0.1) is 0 Å². The van der Waals surface area contributed by atoms with E-state index in [4.69, 9.17) is 4.42 Å².